The number of nitrogens with one attached hydrogen (secondary N) is 1. The lowest BCUT2D eigenvalue weighted by Gasteiger charge is -2.38. The first-order valence-corrected chi connectivity index (χ1v) is 11.2. The first kappa shape index (κ1) is 23.4. The SMILES string of the molecule is C=C/C=C(\C=C/C)Oc1ccc(C2c3c(N)ncnc3N(C3CCNCC3)N2C)cc1[N+](=O)[O-]. The van der Waals surface area contributed by atoms with Crippen LogP contribution in [0.2, 0.25) is 0 Å². The molecule has 0 amide bonds. The van der Waals surface area contributed by atoms with Gasteiger partial charge in [-0.25, -0.2) is 15.0 Å². The van der Waals surface area contributed by atoms with Crippen LogP contribution in [0.4, 0.5) is 17.3 Å². The van der Waals surface area contributed by atoms with Crippen molar-refractivity contribution in [3.05, 3.63) is 82.4 Å². The molecule has 2 aromatic rings. The Balaban J connectivity index is 1.76. The molecule has 0 radical (unpaired) electrons. The van der Waals surface area contributed by atoms with Gasteiger partial charge in [0.1, 0.15) is 17.9 Å². The van der Waals surface area contributed by atoms with Gasteiger partial charge < -0.3 is 15.8 Å². The van der Waals surface area contributed by atoms with E-state index in [9.17, 15) is 10.1 Å². The normalized spacial score (nSPS) is 19.4. The second kappa shape index (κ2) is 10.0. The van der Waals surface area contributed by atoms with Crippen LogP contribution >= 0.6 is 0 Å². The zero-order valence-electron chi connectivity index (χ0n) is 19.3. The zero-order valence-corrected chi connectivity index (χ0v) is 19.3. The van der Waals surface area contributed by atoms with Crippen molar-refractivity contribution in [2.45, 2.75) is 31.8 Å². The summed E-state index contributed by atoms with van der Waals surface area (Å²) in [4.78, 5) is 20.3. The third-order valence-corrected chi connectivity index (χ3v) is 6.09. The average molecular weight is 464 g/mol. The predicted molar refractivity (Wildman–Crippen MR) is 131 cm³/mol. The number of ether oxygens (including phenoxy) is 1. The van der Waals surface area contributed by atoms with Gasteiger partial charge in [-0.05, 0) is 56.6 Å². The van der Waals surface area contributed by atoms with Crippen LogP contribution in [-0.4, -0.2) is 46.1 Å². The summed E-state index contributed by atoms with van der Waals surface area (Å²) >= 11 is 0. The molecule has 34 heavy (non-hydrogen) atoms. The molecule has 178 valence electrons. The van der Waals surface area contributed by atoms with Crippen molar-refractivity contribution in [1.29, 1.82) is 0 Å². The average Bonchev–Trinajstić information content (AvgIpc) is 3.13. The highest BCUT2D eigenvalue weighted by atomic mass is 16.6. The monoisotopic (exact) mass is 463 g/mol. The highest BCUT2D eigenvalue weighted by molar-refractivity contribution is 5.65. The van der Waals surface area contributed by atoms with Crippen molar-refractivity contribution >= 4 is 17.3 Å². The molecule has 1 fully saturated rings. The smallest absolute Gasteiger partial charge is 0.311 e. The Morgan fingerprint density at radius 2 is 2.12 bits per heavy atom. The maximum Gasteiger partial charge on any atom is 0.311 e. The van der Waals surface area contributed by atoms with E-state index >= 15 is 0 Å². The number of benzene rings is 1. The summed E-state index contributed by atoms with van der Waals surface area (Å²) in [7, 11) is 1.96. The number of hydrogen-bond acceptors (Lipinski definition) is 9. The molecule has 1 aromatic carbocycles. The maximum absolute atomic E-state index is 12.0. The van der Waals surface area contributed by atoms with E-state index in [-0.39, 0.29) is 23.5 Å². The highest BCUT2D eigenvalue weighted by Gasteiger charge is 2.42. The minimum Gasteiger partial charge on any atom is -0.450 e. The third-order valence-electron chi connectivity index (χ3n) is 6.09. The van der Waals surface area contributed by atoms with E-state index in [1.54, 1.807) is 36.4 Å². The van der Waals surface area contributed by atoms with Crippen molar-refractivity contribution < 1.29 is 9.66 Å². The quantitative estimate of drug-likeness (QED) is 0.275. The minimum absolute atomic E-state index is 0.136. The number of nitro groups is 1. The van der Waals surface area contributed by atoms with Gasteiger partial charge >= 0.3 is 5.69 Å². The second-order valence-electron chi connectivity index (χ2n) is 8.19. The van der Waals surface area contributed by atoms with Crippen LogP contribution in [0.25, 0.3) is 0 Å². The predicted octanol–water partition coefficient (Wildman–Crippen LogP) is 3.50. The van der Waals surface area contributed by atoms with E-state index in [1.165, 1.54) is 6.33 Å². The molecule has 0 aliphatic carbocycles. The number of anilines is 2. The molecule has 0 saturated carbocycles. The molecule has 1 unspecified atom stereocenters. The first-order valence-electron chi connectivity index (χ1n) is 11.2. The van der Waals surface area contributed by atoms with Gasteiger partial charge in [0.2, 0.25) is 5.75 Å². The molecular weight excluding hydrogens is 434 g/mol. The summed E-state index contributed by atoms with van der Waals surface area (Å²) in [5.41, 5.74) is 7.64. The summed E-state index contributed by atoms with van der Waals surface area (Å²) in [5, 5.41) is 19.6. The molecule has 1 atom stereocenters. The van der Waals surface area contributed by atoms with Crippen LogP contribution in [0.3, 0.4) is 0 Å². The van der Waals surface area contributed by atoms with E-state index in [4.69, 9.17) is 10.5 Å². The molecule has 10 nitrogen and oxygen atoms in total. The van der Waals surface area contributed by atoms with E-state index < -0.39 is 4.92 Å². The summed E-state index contributed by atoms with van der Waals surface area (Å²) < 4.78 is 5.82. The molecule has 1 aromatic heterocycles. The number of hydrogen-bond donors (Lipinski definition) is 2. The van der Waals surface area contributed by atoms with Gasteiger partial charge in [0, 0.05) is 19.2 Å². The number of nitrogens with zero attached hydrogens (tertiary/aromatic N) is 5. The van der Waals surface area contributed by atoms with E-state index in [0.717, 1.165) is 37.3 Å². The van der Waals surface area contributed by atoms with Gasteiger partial charge in [-0.15, -0.1) is 0 Å². The largest absolute Gasteiger partial charge is 0.450 e. The van der Waals surface area contributed by atoms with Crippen molar-refractivity contribution in [2.75, 3.05) is 30.9 Å². The molecule has 3 N–H and O–H groups in total. The molecule has 2 aliphatic rings. The number of piperidine rings is 1. The lowest BCUT2D eigenvalue weighted by molar-refractivity contribution is -0.385. The van der Waals surface area contributed by atoms with E-state index in [1.807, 2.05) is 20.0 Å². The Bertz CT molecular complexity index is 1140. The maximum atomic E-state index is 12.0. The van der Waals surface area contributed by atoms with Crippen molar-refractivity contribution in [3.63, 3.8) is 0 Å². The minimum atomic E-state index is -0.439. The van der Waals surface area contributed by atoms with Gasteiger partial charge in [-0.1, -0.05) is 24.8 Å². The second-order valence-corrected chi connectivity index (χ2v) is 8.19. The first-order chi connectivity index (χ1) is 16.5. The molecule has 4 rings (SSSR count). The van der Waals surface area contributed by atoms with Gasteiger partial charge in [-0.3, -0.25) is 15.1 Å². The van der Waals surface area contributed by atoms with E-state index in [2.05, 4.69) is 31.9 Å². The molecule has 3 heterocycles. The van der Waals surface area contributed by atoms with Crippen LogP contribution in [-0.2, 0) is 0 Å². The van der Waals surface area contributed by atoms with Crippen molar-refractivity contribution in [2.24, 2.45) is 0 Å². The fourth-order valence-electron chi connectivity index (χ4n) is 4.63. The fourth-order valence-corrected chi connectivity index (χ4v) is 4.63. The number of nitrogens with two attached hydrogens (primary N) is 1. The Hall–Kier alpha value is -3.76. The zero-order chi connectivity index (χ0) is 24.2. The number of rotatable bonds is 7. The summed E-state index contributed by atoms with van der Waals surface area (Å²) in [5.74, 6) is 1.71. The van der Waals surface area contributed by atoms with Crippen LogP contribution in [0.15, 0.2) is 61.2 Å². The van der Waals surface area contributed by atoms with Crippen LogP contribution in [0, 0.1) is 10.1 Å². The molecule has 1 saturated heterocycles. The molecule has 10 heteroatoms. The molecule has 0 spiro atoms. The van der Waals surface area contributed by atoms with Crippen molar-refractivity contribution in [1.82, 2.24) is 20.3 Å². The number of nitrogen functional groups attached to an aromatic ring is 1. The van der Waals surface area contributed by atoms with Crippen LogP contribution < -0.4 is 20.8 Å². The van der Waals surface area contributed by atoms with Gasteiger partial charge in [-0.2, -0.15) is 0 Å². The fraction of sp³-hybridized carbons (Fsp3) is 0.333. The van der Waals surface area contributed by atoms with Crippen LogP contribution in [0.5, 0.6) is 5.75 Å². The topological polar surface area (TPSA) is 123 Å². The third kappa shape index (κ3) is 4.37. The summed E-state index contributed by atoms with van der Waals surface area (Å²) in [6.07, 6.45) is 10.1. The molecular formula is C24H29N7O3. The summed E-state index contributed by atoms with van der Waals surface area (Å²) in [6.45, 7) is 7.34. The number of allylic oxidation sites excluding steroid dienone is 4. The Kier molecular flexibility index (Phi) is 6.90. The van der Waals surface area contributed by atoms with E-state index in [0.29, 0.717) is 17.1 Å². The van der Waals surface area contributed by atoms with Crippen LogP contribution in [0.1, 0.15) is 36.9 Å². The van der Waals surface area contributed by atoms with Crippen molar-refractivity contribution in [3.8, 4) is 5.75 Å². The molecule has 0 bridgehead atoms. The summed E-state index contributed by atoms with van der Waals surface area (Å²) in [6, 6.07) is 4.87. The Morgan fingerprint density at radius 3 is 2.79 bits per heavy atom. The number of hydrazine groups is 1. The lowest BCUT2D eigenvalue weighted by Crippen LogP contribution is -2.49. The lowest BCUT2D eigenvalue weighted by atomic mass is 9.99. The van der Waals surface area contributed by atoms with Gasteiger partial charge in [0.15, 0.2) is 5.82 Å². The number of aromatic nitrogens is 2. The van der Waals surface area contributed by atoms with Gasteiger partial charge in [0.25, 0.3) is 0 Å². The number of nitro benzene ring substituents is 1. The highest BCUT2D eigenvalue weighted by Crippen LogP contribution is 2.46. The number of fused-ring (bicyclic) bond motifs is 1. The Labute approximate surface area is 198 Å². The Morgan fingerprint density at radius 1 is 1.35 bits per heavy atom. The molecule has 2 aliphatic heterocycles. The van der Waals surface area contributed by atoms with Gasteiger partial charge in [0.05, 0.1) is 16.5 Å². The standard InChI is InChI=1S/C24H29N7O3/c1-4-6-18(7-5-2)34-20-9-8-16(14-19(20)31(32)33)22-21-23(25)27-15-28-24(21)30(29(22)3)17-10-12-26-13-11-17/h4-9,14-15,17,22,26H,1,10-13H2,2-3H3,(H2,25,27,28)/b7-5-,18-6+.